The molecule has 2 heterocycles. The number of allylic oxidation sites excluding steroid dienone is 1. The van der Waals surface area contributed by atoms with Crippen molar-refractivity contribution in [3.05, 3.63) is 53.1 Å². The van der Waals surface area contributed by atoms with E-state index in [1.165, 1.54) is 0 Å². The molecule has 0 saturated carbocycles. The minimum Gasteiger partial charge on any atom is -0.493 e. The molecule has 0 atom stereocenters. The van der Waals surface area contributed by atoms with Crippen LogP contribution in [0.15, 0.2) is 36.4 Å². The summed E-state index contributed by atoms with van der Waals surface area (Å²) in [7, 11) is 3.22. The van der Waals surface area contributed by atoms with Gasteiger partial charge in [-0.2, -0.15) is 0 Å². The number of rotatable bonds is 4. The van der Waals surface area contributed by atoms with E-state index in [1.807, 2.05) is 12.1 Å². The van der Waals surface area contributed by atoms with E-state index in [9.17, 15) is 4.79 Å². The lowest BCUT2D eigenvalue weighted by Crippen LogP contribution is -2.23. The van der Waals surface area contributed by atoms with Crippen molar-refractivity contribution in [1.29, 1.82) is 0 Å². The summed E-state index contributed by atoms with van der Waals surface area (Å²) in [5.41, 5.74) is 3.40. The molecule has 2 aromatic rings. The van der Waals surface area contributed by atoms with E-state index < -0.39 is 0 Å². The van der Waals surface area contributed by atoms with Crippen LogP contribution >= 0.6 is 0 Å². The van der Waals surface area contributed by atoms with E-state index >= 15 is 0 Å². The van der Waals surface area contributed by atoms with Crippen LogP contribution in [0.1, 0.15) is 21.5 Å². The monoisotopic (exact) mass is 367 g/mol. The smallest absolute Gasteiger partial charge is 0.188 e. The number of ketones is 1. The molecule has 0 aromatic heterocycles. The second kappa shape index (κ2) is 7.23. The number of methoxy groups -OCH3 is 2. The van der Waals surface area contributed by atoms with Crippen LogP contribution in [0.4, 0.5) is 0 Å². The largest absolute Gasteiger partial charge is 0.493 e. The minimum atomic E-state index is -0.0999. The maximum absolute atomic E-state index is 12.8. The number of carbonyl (C=O) groups excluding carboxylic acids is 1. The van der Waals surface area contributed by atoms with Crippen molar-refractivity contribution in [3.63, 3.8) is 0 Å². The number of benzene rings is 2. The van der Waals surface area contributed by atoms with Gasteiger partial charge in [-0.05, 0) is 42.3 Å². The van der Waals surface area contributed by atoms with Crippen LogP contribution in [0.25, 0.3) is 5.70 Å². The zero-order valence-corrected chi connectivity index (χ0v) is 15.3. The average molecular weight is 367 g/mol. The summed E-state index contributed by atoms with van der Waals surface area (Å²) in [6, 6.07) is 9.13. The molecule has 0 fully saturated rings. The normalized spacial score (nSPS) is 16.3. The topological polar surface area (TPSA) is 66.0 Å². The molecule has 27 heavy (non-hydrogen) atoms. The third-order valence-electron chi connectivity index (χ3n) is 4.71. The summed E-state index contributed by atoms with van der Waals surface area (Å²) in [6.45, 7) is 1.77. The van der Waals surface area contributed by atoms with Crippen molar-refractivity contribution in [1.82, 2.24) is 5.32 Å². The van der Waals surface area contributed by atoms with Gasteiger partial charge in [0.1, 0.15) is 13.2 Å². The molecule has 0 amide bonds. The third-order valence-corrected chi connectivity index (χ3v) is 4.71. The zero-order chi connectivity index (χ0) is 18.8. The summed E-state index contributed by atoms with van der Waals surface area (Å²) < 4.78 is 21.9. The Hall–Kier alpha value is -3.15. The van der Waals surface area contributed by atoms with Crippen molar-refractivity contribution in [2.24, 2.45) is 0 Å². The molecule has 0 saturated heterocycles. The maximum Gasteiger partial charge on any atom is 0.188 e. The van der Waals surface area contributed by atoms with Crippen molar-refractivity contribution < 1.29 is 23.7 Å². The molecule has 0 unspecified atom stereocenters. The minimum absolute atomic E-state index is 0.0999. The van der Waals surface area contributed by atoms with E-state index in [-0.39, 0.29) is 5.78 Å². The number of hydrogen-bond donors (Lipinski definition) is 1. The van der Waals surface area contributed by atoms with Crippen LogP contribution < -0.4 is 24.3 Å². The number of hydrogen-bond acceptors (Lipinski definition) is 6. The fourth-order valence-electron chi connectivity index (χ4n) is 3.35. The van der Waals surface area contributed by atoms with Gasteiger partial charge in [0.15, 0.2) is 28.8 Å². The Morgan fingerprint density at radius 1 is 1.04 bits per heavy atom. The fourth-order valence-corrected chi connectivity index (χ4v) is 3.35. The van der Waals surface area contributed by atoms with Gasteiger partial charge in [0.2, 0.25) is 0 Å². The third kappa shape index (κ3) is 3.30. The van der Waals surface area contributed by atoms with Crippen molar-refractivity contribution >= 4 is 11.5 Å². The highest BCUT2D eigenvalue weighted by molar-refractivity contribution is 6.09. The molecular weight excluding hydrogens is 346 g/mol. The first-order chi connectivity index (χ1) is 13.2. The van der Waals surface area contributed by atoms with E-state index in [1.54, 1.807) is 38.5 Å². The van der Waals surface area contributed by atoms with Gasteiger partial charge < -0.3 is 24.3 Å². The van der Waals surface area contributed by atoms with Gasteiger partial charge in [0, 0.05) is 29.4 Å². The first kappa shape index (κ1) is 17.3. The molecule has 140 valence electrons. The van der Waals surface area contributed by atoms with Gasteiger partial charge in [-0.3, -0.25) is 4.79 Å². The highest BCUT2D eigenvalue weighted by Crippen LogP contribution is 2.35. The molecule has 1 N–H and O–H groups in total. The van der Waals surface area contributed by atoms with E-state index in [2.05, 4.69) is 5.32 Å². The Kier molecular flexibility index (Phi) is 4.62. The van der Waals surface area contributed by atoms with Crippen LogP contribution in [0.2, 0.25) is 0 Å². The first-order valence-electron chi connectivity index (χ1n) is 8.84. The molecule has 4 rings (SSSR count). The molecule has 2 aliphatic heterocycles. The molecule has 6 nitrogen and oxygen atoms in total. The highest BCUT2D eigenvalue weighted by Gasteiger charge is 2.20. The lowest BCUT2D eigenvalue weighted by Gasteiger charge is -2.23. The van der Waals surface area contributed by atoms with Crippen molar-refractivity contribution in [2.45, 2.75) is 6.42 Å². The van der Waals surface area contributed by atoms with Crippen LogP contribution in [-0.4, -0.2) is 39.8 Å². The van der Waals surface area contributed by atoms with Crippen LogP contribution in [0.3, 0.4) is 0 Å². The van der Waals surface area contributed by atoms with Crippen molar-refractivity contribution in [3.8, 4) is 23.0 Å². The van der Waals surface area contributed by atoms with Gasteiger partial charge >= 0.3 is 0 Å². The Morgan fingerprint density at radius 2 is 1.78 bits per heavy atom. The standard InChI is InChI=1S/C21H21NO5/c1-24-19-9-13-5-6-22-16(15(13)11-20(19)25-2)12-17(23)14-3-4-18-21(10-14)27-8-7-26-18/h3-4,9-12,22H,5-8H2,1-2H3/b16-12-. The Morgan fingerprint density at radius 3 is 2.56 bits per heavy atom. The van der Waals surface area contributed by atoms with Crippen LogP contribution in [0.5, 0.6) is 23.0 Å². The van der Waals surface area contributed by atoms with Gasteiger partial charge in [0.05, 0.1) is 14.2 Å². The number of fused-ring (bicyclic) bond motifs is 2. The highest BCUT2D eigenvalue weighted by atomic mass is 16.6. The predicted octanol–water partition coefficient (Wildman–Crippen LogP) is 2.84. The van der Waals surface area contributed by atoms with Crippen LogP contribution in [-0.2, 0) is 6.42 Å². The molecule has 0 spiro atoms. The van der Waals surface area contributed by atoms with Crippen molar-refractivity contribution in [2.75, 3.05) is 34.0 Å². The summed E-state index contributed by atoms with van der Waals surface area (Å²) in [5.74, 6) is 2.50. The molecular formula is C21H21NO5. The lowest BCUT2D eigenvalue weighted by atomic mass is 9.95. The summed E-state index contributed by atoms with van der Waals surface area (Å²) in [5, 5.41) is 3.32. The van der Waals surface area contributed by atoms with Gasteiger partial charge in [-0.1, -0.05) is 0 Å². The van der Waals surface area contributed by atoms with E-state index in [0.29, 0.717) is 41.8 Å². The Balaban J connectivity index is 1.68. The molecule has 0 radical (unpaired) electrons. The summed E-state index contributed by atoms with van der Waals surface area (Å²) >= 11 is 0. The molecule has 0 aliphatic carbocycles. The SMILES string of the molecule is COc1cc2c(cc1OC)/C(=C/C(=O)c1ccc3c(c1)OCCO3)NCC2. The van der Waals surface area contributed by atoms with Gasteiger partial charge in [-0.25, -0.2) is 0 Å². The molecule has 6 heteroatoms. The fraction of sp³-hybridized carbons (Fsp3) is 0.286. The quantitative estimate of drug-likeness (QED) is 0.662. The average Bonchev–Trinajstić information content (AvgIpc) is 2.72. The van der Waals surface area contributed by atoms with Gasteiger partial charge in [-0.15, -0.1) is 0 Å². The van der Waals surface area contributed by atoms with E-state index in [0.717, 1.165) is 29.8 Å². The maximum atomic E-state index is 12.8. The predicted molar refractivity (Wildman–Crippen MR) is 101 cm³/mol. The Labute approximate surface area is 157 Å². The summed E-state index contributed by atoms with van der Waals surface area (Å²) in [6.07, 6.45) is 2.47. The molecule has 0 bridgehead atoms. The second-order valence-corrected chi connectivity index (χ2v) is 6.32. The molecule has 2 aromatic carbocycles. The first-order valence-corrected chi connectivity index (χ1v) is 8.84. The number of ether oxygens (including phenoxy) is 4. The van der Waals surface area contributed by atoms with Crippen LogP contribution in [0, 0.1) is 0 Å². The van der Waals surface area contributed by atoms with E-state index in [4.69, 9.17) is 18.9 Å². The van der Waals surface area contributed by atoms with Gasteiger partial charge in [0.25, 0.3) is 0 Å². The summed E-state index contributed by atoms with van der Waals surface area (Å²) in [4.78, 5) is 12.8. The molecule has 2 aliphatic rings. The second-order valence-electron chi connectivity index (χ2n) is 6.32. The number of carbonyl (C=O) groups is 1. The Bertz CT molecular complexity index is 919. The lowest BCUT2D eigenvalue weighted by molar-refractivity contribution is 0.104. The number of nitrogens with one attached hydrogen (secondary N) is 1. The zero-order valence-electron chi connectivity index (χ0n) is 15.3.